The van der Waals surface area contributed by atoms with Crippen molar-refractivity contribution in [2.75, 3.05) is 13.7 Å². The fraction of sp³-hybridized carbons (Fsp3) is 0.818. The molecular weight excluding hydrogens is 210 g/mol. The van der Waals surface area contributed by atoms with Crippen LogP contribution in [-0.2, 0) is 14.3 Å². The van der Waals surface area contributed by atoms with Crippen molar-refractivity contribution in [3.63, 3.8) is 0 Å². The number of ether oxygens (including phenoxy) is 1. The summed E-state index contributed by atoms with van der Waals surface area (Å²) in [4.78, 5) is 22.2. The minimum absolute atomic E-state index is 0.231. The molecule has 0 rings (SSSR count). The zero-order valence-corrected chi connectivity index (χ0v) is 10.2. The van der Waals surface area contributed by atoms with Gasteiger partial charge in [-0.15, -0.1) is 0 Å². The molecular formula is C11H21NO4. The quantitative estimate of drug-likeness (QED) is 0.612. The fourth-order valence-electron chi connectivity index (χ4n) is 1.34. The van der Waals surface area contributed by atoms with Gasteiger partial charge in [0, 0.05) is 20.1 Å². The summed E-state index contributed by atoms with van der Waals surface area (Å²) in [7, 11) is 1.57. The molecule has 0 bridgehead atoms. The van der Waals surface area contributed by atoms with Crippen LogP contribution in [0, 0.1) is 5.92 Å². The van der Waals surface area contributed by atoms with E-state index in [0.29, 0.717) is 25.9 Å². The second-order valence-electron chi connectivity index (χ2n) is 4.18. The zero-order chi connectivity index (χ0) is 12.6. The molecule has 0 aromatic carbocycles. The van der Waals surface area contributed by atoms with E-state index in [-0.39, 0.29) is 11.8 Å². The number of amides is 1. The molecule has 5 nitrogen and oxygen atoms in total. The molecule has 0 spiro atoms. The Morgan fingerprint density at radius 1 is 1.38 bits per heavy atom. The summed E-state index contributed by atoms with van der Waals surface area (Å²) in [6.45, 7) is 4.36. The summed E-state index contributed by atoms with van der Waals surface area (Å²) >= 11 is 0. The first-order valence-corrected chi connectivity index (χ1v) is 5.48. The molecule has 0 radical (unpaired) electrons. The van der Waals surface area contributed by atoms with Crippen LogP contribution in [0.3, 0.4) is 0 Å². The van der Waals surface area contributed by atoms with Gasteiger partial charge < -0.3 is 15.2 Å². The molecule has 0 saturated carbocycles. The van der Waals surface area contributed by atoms with E-state index < -0.39 is 12.0 Å². The van der Waals surface area contributed by atoms with Crippen LogP contribution >= 0.6 is 0 Å². The Morgan fingerprint density at radius 3 is 2.44 bits per heavy atom. The van der Waals surface area contributed by atoms with Gasteiger partial charge in [-0.3, -0.25) is 4.79 Å². The molecule has 0 saturated heterocycles. The van der Waals surface area contributed by atoms with Gasteiger partial charge in [0.25, 0.3) is 0 Å². The Bertz CT molecular complexity index is 228. The SMILES string of the molecule is COCCCC(=O)N[C@H](CC(C)C)C(=O)O. The van der Waals surface area contributed by atoms with Crippen molar-refractivity contribution in [3.05, 3.63) is 0 Å². The molecule has 0 aliphatic carbocycles. The van der Waals surface area contributed by atoms with Crippen LogP contribution in [0.25, 0.3) is 0 Å². The third kappa shape index (κ3) is 7.23. The van der Waals surface area contributed by atoms with E-state index in [1.165, 1.54) is 0 Å². The van der Waals surface area contributed by atoms with E-state index in [1.807, 2.05) is 13.8 Å². The highest BCUT2D eigenvalue weighted by atomic mass is 16.5. The lowest BCUT2D eigenvalue weighted by molar-refractivity contribution is -0.142. The van der Waals surface area contributed by atoms with Gasteiger partial charge in [-0.2, -0.15) is 0 Å². The van der Waals surface area contributed by atoms with Crippen LogP contribution in [-0.4, -0.2) is 36.7 Å². The number of methoxy groups -OCH3 is 1. The topological polar surface area (TPSA) is 75.6 Å². The molecule has 0 aromatic rings. The van der Waals surface area contributed by atoms with Crippen molar-refractivity contribution in [2.24, 2.45) is 5.92 Å². The number of rotatable bonds is 8. The highest BCUT2D eigenvalue weighted by Gasteiger charge is 2.20. The monoisotopic (exact) mass is 231 g/mol. The van der Waals surface area contributed by atoms with Crippen molar-refractivity contribution in [3.8, 4) is 0 Å². The Labute approximate surface area is 96.2 Å². The highest BCUT2D eigenvalue weighted by molar-refractivity contribution is 5.83. The molecule has 0 aromatic heterocycles. The van der Waals surface area contributed by atoms with Gasteiger partial charge in [-0.05, 0) is 18.8 Å². The van der Waals surface area contributed by atoms with Crippen LogP contribution in [0.2, 0.25) is 0 Å². The first-order valence-electron chi connectivity index (χ1n) is 5.48. The van der Waals surface area contributed by atoms with E-state index >= 15 is 0 Å². The number of carboxylic acids is 1. The molecule has 16 heavy (non-hydrogen) atoms. The van der Waals surface area contributed by atoms with E-state index in [0.717, 1.165) is 0 Å². The fourth-order valence-corrected chi connectivity index (χ4v) is 1.34. The first kappa shape index (κ1) is 14.9. The van der Waals surface area contributed by atoms with Crippen LogP contribution in [0.4, 0.5) is 0 Å². The number of aliphatic carboxylic acids is 1. The summed E-state index contributed by atoms with van der Waals surface area (Å²) in [5.41, 5.74) is 0. The zero-order valence-electron chi connectivity index (χ0n) is 10.2. The average Bonchev–Trinajstić information content (AvgIpc) is 2.16. The summed E-state index contributed by atoms with van der Waals surface area (Å²) in [5, 5.41) is 11.4. The number of carbonyl (C=O) groups is 2. The standard InChI is InChI=1S/C11H21NO4/c1-8(2)7-9(11(14)15)12-10(13)5-4-6-16-3/h8-9H,4-7H2,1-3H3,(H,12,13)(H,14,15)/t9-/m1/s1. The van der Waals surface area contributed by atoms with Crippen molar-refractivity contribution in [1.82, 2.24) is 5.32 Å². The molecule has 0 heterocycles. The maximum absolute atomic E-state index is 11.4. The van der Waals surface area contributed by atoms with Gasteiger partial charge in [-0.1, -0.05) is 13.8 Å². The van der Waals surface area contributed by atoms with Crippen molar-refractivity contribution >= 4 is 11.9 Å². The predicted molar refractivity (Wildman–Crippen MR) is 60.1 cm³/mol. The minimum Gasteiger partial charge on any atom is -0.480 e. The van der Waals surface area contributed by atoms with E-state index in [4.69, 9.17) is 9.84 Å². The lowest BCUT2D eigenvalue weighted by atomic mass is 10.0. The second kappa shape index (κ2) is 8.10. The van der Waals surface area contributed by atoms with Gasteiger partial charge >= 0.3 is 5.97 Å². The minimum atomic E-state index is -0.978. The van der Waals surface area contributed by atoms with Crippen LogP contribution < -0.4 is 5.32 Å². The molecule has 0 fully saturated rings. The summed E-state index contributed by atoms with van der Waals surface area (Å²) in [5.74, 6) is -0.973. The molecule has 94 valence electrons. The van der Waals surface area contributed by atoms with Gasteiger partial charge in [0.15, 0.2) is 0 Å². The smallest absolute Gasteiger partial charge is 0.326 e. The van der Waals surface area contributed by atoms with Crippen LogP contribution in [0.1, 0.15) is 33.1 Å². The third-order valence-corrected chi connectivity index (χ3v) is 2.09. The number of carboxylic acid groups (broad SMARTS) is 1. The molecule has 0 aliphatic heterocycles. The van der Waals surface area contributed by atoms with Gasteiger partial charge in [0.2, 0.25) is 5.91 Å². The first-order chi connectivity index (χ1) is 7.47. The normalized spacial score (nSPS) is 12.5. The summed E-state index contributed by atoms with van der Waals surface area (Å²) < 4.78 is 4.81. The highest BCUT2D eigenvalue weighted by Crippen LogP contribution is 2.05. The van der Waals surface area contributed by atoms with E-state index in [1.54, 1.807) is 7.11 Å². The van der Waals surface area contributed by atoms with Crippen molar-refractivity contribution < 1.29 is 19.4 Å². The van der Waals surface area contributed by atoms with Gasteiger partial charge in [0.1, 0.15) is 6.04 Å². The van der Waals surface area contributed by atoms with E-state index in [2.05, 4.69) is 5.32 Å². The lowest BCUT2D eigenvalue weighted by Gasteiger charge is -2.16. The third-order valence-electron chi connectivity index (χ3n) is 2.09. The number of nitrogens with one attached hydrogen (secondary N) is 1. The maximum atomic E-state index is 11.4. The Hall–Kier alpha value is -1.10. The van der Waals surface area contributed by atoms with Crippen LogP contribution in [0.5, 0.6) is 0 Å². The summed E-state index contributed by atoms with van der Waals surface area (Å²) in [6.07, 6.45) is 1.36. The van der Waals surface area contributed by atoms with E-state index in [9.17, 15) is 9.59 Å². The van der Waals surface area contributed by atoms with Crippen molar-refractivity contribution in [1.29, 1.82) is 0 Å². The van der Waals surface area contributed by atoms with Crippen LogP contribution in [0.15, 0.2) is 0 Å². The second-order valence-corrected chi connectivity index (χ2v) is 4.18. The largest absolute Gasteiger partial charge is 0.480 e. The lowest BCUT2D eigenvalue weighted by Crippen LogP contribution is -2.41. The Morgan fingerprint density at radius 2 is 2.00 bits per heavy atom. The number of carbonyl (C=O) groups excluding carboxylic acids is 1. The molecule has 5 heteroatoms. The Kier molecular flexibility index (Phi) is 7.54. The maximum Gasteiger partial charge on any atom is 0.326 e. The number of hydrogen-bond acceptors (Lipinski definition) is 3. The summed E-state index contributed by atoms with van der Waals surface area (Å²) in [6, 6.07) is -0.782. The molecule has 0 unspecified atom stereocenters. The molecule has 0 aliphatic rings. The number of hydrogen-bond donors (Lipinski definition) is 2. The van der Waals surface area contributed by atoms with Gasteiger partial charge in [0.05, 0.1) is 0 Å². The van der Waals surface area contributed by atoms with Gasteiger partial charge in [-0.25, -0.2) is 4.79 Å². The Balaban J connectivity index is 3.98. The molecule has 1 amide bonds. The molecule has 2 N–H and O–H groups in total. The predicted octanol–water partition coefficient (Wildman–Crippen LogP) is 1.03. The van der Waals surface area contributed by atoms with Crippen molar-refractivity contribution in [2.45, 2.75) is 39.2 Å². The molecule has 1 atom stereocenters. The average molecular weight is 231 g/mol.